The van der Waals surface area contributed by atoms with Gasteiger partial charge in [0.25, 0.3) is 5.91 Å². The van der Waals surface area contributed by atoms with Gasteiger partial charge in [0.2, 0.25) is 0 Å². The minimum absolute atomic E-state index is 0.0553. The minimum Gasteiger partial charge on any atom is -0.336 e. The minimum atomic E-state index is 0.0553. The first kappa shape index (κ1) is 15.7. The molecule has 1 heterocycles. The van der Waals surface area contributed by atoms with Crippen LogP contribution >= 0.6 is 0 Å². The van der Waals surface area contributed by atoms with Crippen molar-refractivity contribution in [1.29, 1.82) is 0 Å². The van der Waals surface area contributed by atoms with Crippen LogP contribution in [0.4, 0.5) is 0 Å². The van der Waals surface area contributed by atoms with Crippen LogP contribution in [0.3, 0.4) is 0 Å². The summed E-state index contributed by atoms with van der Waals surface area (Å²) in [5.74, 6) is 0.0553. The highest BCUT2D eigenvalue weighted by molar-refractivity contribution is 5.95. The lowest BCUT2D eigenvalue weighted by atomic mass is 10.1. The van der Waals surface area contributed by atoms with Gasteiger partial charge in [-0.2, -0.15) is 0 Å². The summed E-state index contributed by atoms with van der Waals surface area (Å²) in [5, 5.41) is 0. The average Bonchev–Trinajstić information content (AvgIpc) is 2.53. The van der Waals surface area contributed by atoms with Gasteiger partial charge in [-0.05, 0) is 26.2 Å². The first-order valence-corrected chi connectivity index (χ1v) is 7.32. The summed E-state index contributed by atoms with van der Waals surface area (Å²) in [5.41, 5.74) is 1.25. The molecule has 0 atom stereocenters. The number of rotatable bonds is 5. The number of hydrogen-bond donors (Lipinski definition) is 0. The van der Waals surface area contributed by atoms with Crippen molar-refractivity contribution in [3.05, 3.63) is 35.4 Å². The maximum absolute atomic E-state index is 12.4. The summed E-state index contributed by atoms with van der Waals surface area (Å²) in [7, 11) is 4.14. The van der Waals surface area contributed by atoms with E-state index in [9.17, 15) is 9.59 Å². The molecule has 1 aromatic rings. The highest BCUT2D eigenvalue weighted by atomic mass is 16.2. The van der Waals surface area contributed by atoms with Gasteiger partial charge in [0.15, 0.2) is 0 Å². The maximum Gasteiger partial charge on any atom is 0.253 e. The SMILES string of the molecule is CN(C)CCN1CCN(C(=O)c2ccc(C=O)cc2)CC1. The Bertz CT molecular complexity index is 477. The number of carbonyl (C=O) groups excluding carboxylic acids is 2. The predicted octanol–water partition coefficient (Wildman–Crippen LogP) is 0.818. The molecular weight excluding hydrogens is 266 g/mol. The molecule has 0 N–H and O–H groups in total. The van der Waals surface area contributed by atoms with E-state index in [0.717, 1.165) is 45.6 Å². The van der Waals surface area contributed by atoms with Crippen LogP contribution in [0.15, 0.2) is 24.3 Å². The molecule has 5 nitrogen and oxygen atoms in total. The highest BCUT2D eigenvalue weighted by Gasteiger charge is 2.21. The molecule has 1 saturated heterocycles. The van der Waals surface area contributed by atoms with Crippen LogP contribution in [0.1, 0.15) is 20.7 Å². The van der Waals surface area contributed by atoms with Crippen LogP contribution in [-0.4, -0.2) is 80.3 Å². The zero-order valence-corrected chi connectivity index (χ0v) is 12.8. The van der Waals surface area contributed by atoms with Gasteiger partial charge in [0.05, 0.1) is 0 Å². The van der Waals surface area contributed by atoms with Gasteiger partial charge in [-0.1, -0.05) is 12.1 Å². The van der Waals surface area contributed by atoms with E-state index in [4.69, 9.17) is 0 Å². The second kappa shape index (κ2) is 7.33. The molecule has 1 fully saturated rings. The van der Waals surface area contributed by atoms with Crippen molar-refractivity contribution in [2.45, 2.75) is 0 Å². The van der Waals surface area contributed by atoms with E-state index < -0.39 is 0 Å². The molecule has 1 aliphatic heterocycles. The number of benzene rings is 1. The molecule has 1 aromatic carbocycles. The Morgan fingerprint density at radius 2 is 1.76 bits per heavy atom. The third kappa shape index (κ3) is 4.37. The molecule has 0 radical (unpaired) electrons. The molecule has 0 aromatic heterocycles. The van der Waals surface area contributed by atoms with Crippen LogP contribution in [0.2, 0.25) is 0 Å². The molecule has 0 aliphatic carbocycles. The van der Waals surface area contributed by atoms with Gasteiger partial charge < -0.3 is 9.80 Å². The number of likely N-dealkylation sites (N-methyl/N-ethyl adjacent to an activating group) is 1. The van der Waals surface area contributed by atoms with Crippen molar-refractivity contribution in [2.75, 3.05) is 53.4 Å². The van der Waals surface area contributed by atoms with Crippen molar-refractivity contribution in [2.24, 2.45) is 0 Å². The fraction of sp³-hybridized carbons (Fsp3) is 0.500. The third-order valence-electron chi connectivity index (χ3n) is 3.82. The summed E-state index contributed by atoms with van der Waals surface area (Å²) >= 11 is 0. The molecule has 5 heteroatoms. The van der Waals surface area contributed by atoms with E-state index in [-0.39, 0.29) is 5.91 Å². The van der Waals surface area contributed by atoms with E-state index in [2.05, 4.69) is 23.9 Å². The largest absolute Gasteiger partial charge is 0.336 e. The normalized spacial score (nSPS) is 16.2. The summed E-state index contributed by atoms with van der Waals surface area (Å²) < 4.78 is 0. The van der Waals surface area contributed by atoms with Crippen LogP contribution in [-0.2, 0) is 0 Å². The number of amides is 1. The molecule has 1 amide bonds. The molecule has 2 rings (SSSR count). The number of aldehydes is 1. The van der Waals surface area contributed by atoms with Crippen LogP contribution in [0.5, 0.6) is 0 Å². The van der Waals surface area contributed by atoms with E-state index in [1.54, 1.807) is 24.3 Å². The van der Waals surface area contributed by atoms with E-state index in [0.29, 0.717) is 11.1 Å². The van der Waals surface area contributed by atoms with Crippen molar-refractivity contribution in [1.82, 2.24) is 14.7 Å². The first-order valence-electron chi connectivity index (χ1n) is 7.32. The Hall–Kier alpha value is -1.72. The molecule has 1 aliphatic rings. The zero-order chi connectivity index (χ0) is 15.2. The zero-order valence-electron chi connectivity index (χ0n) is 12.8. The van der Waals surface area contributed by atoms with Gasteiger partial charge >= 0.3 is 0 Å². The summed E-state index contributed by atoms with van der Waals surface area (Å²) in [6.07, 6.45) is 0.789. The van der Waals surface area contributed by atoms with E-state index in [1.165, 1.54) is 0 Å². The topological polar surface area (TPSA) is 43.9 Å². The fourth-order valence-corrected chi connectivity index (χ4v) is 2.40. The molecule has 0 spiro atoms. The van der Waals surface area contributed by atoms with Crippen molar-refractivity contribution < 1.29 is 9.59 Å². The number of nitrogens with zero attached hydrogens (tertiary/aromatic N) is 3. The van der Waals surface area contributed by atoms with Crippen molar-refractivity contribution in [3.8, 4) is 0 Å². The maximum atomic E-state index is 12.4. The van der Waals surface area contributed by atoms with Gasteiger partial charge in [-0.3, -0.25) is 14.5 Å². The highest BCUT2D eigenvalue weighted by Crippen LogP contribution is 2.10. The Labute approximate surface area is 126 Å². The predicted molar refractivity (Wildman–Crippen MR) is 82.7 cm³/mol. The first-order chi connectivity index (χ1) is 10.1. The lowest BCUT2D eigenvalue weighted by Crippen LogP contribution is -2.49. The van der Waals surface area contributed by atoms with Gasteiger partial charge in [0.1, 0.15) is 6.29 Å². The quantitative estimate of drug-likeness (QED) is 0.753. The lowest BCUT2D eigenvalue weighted by molar-refractivity contribution is 0.0629. The standard InChI is InChI=1S/C16H23N3O2/c1-17(2)7-8-18-9-11-19(12-10-18)16(21)15-5-3-14(13-20)4-6-15/h3-6,13H,7-12H2,1-2H3. The summed E-state index contributed by atoms with van der Waals surface area (Å²) in [4.78, 5) is 29.5. The monoisotopic (exact) mass is 289 g/mol. The lowest BCUT2D eigenvalue weighted by Gasteiger charge is -2.35. The Balaban J connectivity index is 1.86. The van der Waals surface area contributed by atoms with Crippen molar-refractivity contribution in [3.63, 3.8) is 0 Å². The fourth-order valence-electron chi connectivity index (χ4n) is 2.40. The Kier molecular flexibility index (Phi) is 5.47. The molecule has 0 bridgehead atoms. The van der Waals surface area contributed by atoms with Gasteiger partial charge in [-0.15, -0.1) is 0 Å². The number of carbonyl (C=O) groups is 2. The van der Waals surface area contributed by atoms with E-state index >= 15 is 0 Å². The van der Waals surface area contributed by atoms with Crippen LogP contribution < -0.4 is 0 Å². The van der Waals surface area contributed by atoms with Crippen LogP contribution in [0.25, 0.3) is 0 Å². The third-order valence-corrected chi connectivity index (χ3v) is 3.82. The van der Waals surface area contributed by atoms with Crippen molar-refractivity contribution >= 4 is 12.2 Å². The molecule has 21 heavy (non-hydrogen) atoms. The Morgan fingerprint density at radius 3 is 2.29 bits per heavy atom. The molecule has 0 saturated carbocycles. The molecular formula is C16H23N3O2. The summed E-state index contributed by atoms with van der Waals surface area (Å²) in [6.45, 7) is 5.46. The second-order valence-corrected chi connectivity index (χ2v) is 5.68. The average molecular weight is 289 g/mol. The van der Waals surface area contributed by atoms with Gasteiger partial charge in [-0.25, -0.2) is 0 Å². The second-order valence-electron chi connectivity index (χ2n) is 5.68. The van der Waals surface area contributed by atoms with E-state index in [1.807, 2.05) is 4.90 Å². The number of hydrogen-bond acceptors (Lipinski definition) is 4. The Morgan fingerprint density at radius 1 is 1.14 bits per heavy atom. The van der Waals surface area contributed by atoms with Gasteiger partial charge in [0, 0.05) is 50.4 Å². The number of piperazine rings is 1. The van der Waals surface area contributed by atoms with Crippen LogP contribution in [0, 0.1) is 0 Å². The molecule has 114 valence electrons. The summed E-state index contributed by atoms with van der Waals surface area (Å²) in [6, 6.07) is 6.83. The molecule has 0 unspecified atom stereocenters. The smallest absolute Gasteiger partial charge is 0.253 e.